The van der Waals surface area contributed by atoms with Crippen LogP contribution in [0.3, 0.4) is 0 Å². The maximum Gasteiger partial charge on any atom is 0.267 e. The van der Waals surface area contributed by atoms with Crippen LogP contribution in [0.15, 0.2) is 94.2 Å². The number of anilines is 2. The van der Waals surface area contributed by atoms with E-state index < -0.39 is 0 Å². The quantitative estimate of drug-likeness (QED) is 0.292. The molecule has 0 saturated carbocycles. The second-order valence-electron chi connectivity index (χ2n) is 7.99. The summed E-state index contributed by atoms with van der Waals surface area (Å²) in [6.45, 7) is 1.99. The molecule has 3 heterocycles. The molecule has 0 spiro atoms. The van der Waals surface area contributed by atoms with Crippen LogP contribution in [0.4, 0.5) is 10.8 Å². The van der Waals surface area contributed by atoms with E-state index in [0.717, 1.165) is 33.3 Å². The maximum atomic E-state index is 13.5. The number of thioether (sulfide) groups is 1. The normalized spacial score (nSPS) is 11.3. The highest BCUT2D eigenvalue weighted by Gasteiger charge is 2.19. The van der Waals surface area contributed by atoms with Crippen molar-refractivity contribution in [3.05, 3.63) is 106 Å². The van der Waals surface area contributed by atoms with Crippen LogP contribution in [0.1, 0.15) is 11.3 Å². The number of benzene rings is 3. The van der Waals surface area contributed by atoms with Gasteiger partial charge in [0, 0.05) is 16.8 Å². The predicted molar refractivity (Wildman–Crippen MR) is 142 cm³/mol. The maximum absolute atomic E-state index is 13.5. The summed E-state index contributed by atoms with van der Waals surface area (Å²) in [6.07, 6.45) is 0. The lowest BCUT2D eigenvalue weighted by Gasteiger charge is -2.13. The number of hydrogen-bond acceptors (Lipinski definition) is 7. The number of aryl methyl sites for hydroxylation is 1. The van der Waals surface area contributed by atoms with Gasteiger partial charge >= 0.3 is 0 Å². The summed E-state index contributed by atoms with van der Waals surface area (Å²) in [5.41, 5.74) is 4.42. The molecule has 3 aromatic heterocycles. The van der Waals surface area contributed by atoms with E-state index in [-0.39, 0.29) is 5.56 Å². The molecular weight excluding hydrogens is 476 g/mol. The van der Waals surface area contributed by atoms with Gasteiger partial charge in [0.25, 0.3) is 5.56 Å². The second-order valence-corrected chi connectivity index (χ2v) is 9.79. The Labute approximate surface area is 209 Å². The zero-order valence-electron chi connectivity index (χ0n) is 18.8. The molecule has 0 aliphatic carbocycles. The molecule has 6 aromatic rings. The fourth-order valence-electron chi connectivity index (χ4n) is 4.02. The fourth-order valence-corrected chi connectivity index (χ4v) is 5.69. The molecular formula is C26H20N6OS2. The molecule has 9 heteroatoms. The Kier molecular flexibility index (Phi) is 5.55. The van der Waals surface area contributed by atoms with Crippen molar-refractivity contribution in [2.75, 3.05) is 5.32 Å². The minimum absolute atomic E-state index is 0.109. The molecule has 0 atom stereocenters. The molecule has 0 radical (unpaired) electrons. The van der Waals surface area contributed by atoms with Gasteiger partial charge < -0.3 is 5.32 Å². The van der Waals surface area contributed by atoms with Crippen LogP contribution in [-0.2, 0) is 5.75 Å². The summed E-state index contributed by atoms with van der Waals surface area (Å²) in [5.74, 6) is 1.13. The molecule has 0 saturated heterocycles. The van der Waals surface area contributed by atoms with E-state index in [4.69, 9.17) is 4.98 Å². The monoisotopic (exact) mass is 496 g/mol. The van der Waals surface area contributed by atoms with Crippen LogP contribution in [0.5, 0.6) is 0 Å². The minimum Gasteiger partial charge on any atom is -0.332 e. The van der Waals surface area contributed by atoms with Crippen LogP contribution in [-0.4, -0.2) is 24.1 Å². The Balaban J connectivity index is 1.38. The van der Waals surface area contributed by atoms with Crippen molar-refractivity contribution >= 4 is 50.6 Å². The van der Waals surface area contributed by atoms with E-state index in [2.05, 4.69) is 15.5 Å². The summed E-state index contributed by atoms with van der Waals surface area (Å²) in [6, 6.07) is 25.4. The smallest absolute Gasteiger partial charge is 0.267 e. The second kappa shape index (κ2) is 9.01. The highest BCUT2D eigenvalue weighted by Crippen LogP contribution is 2.28. The van der Waals surface area contributed by atoms with Gasteiger partial charge in [-0.3, -0.25) is 9.20 Å². The molecule has 0 aliphatic heterocycles. The Hall–Kier alpha value is -3.95. The molecule has 1 N–H and O–H groups in total. The van der Waals surface area contributed by atoms with Crippen LogP contribution < -0.4 is 10.9 Å². The van der Waals surface area contributed by atoms with E-state index >= 15 is 0 Å². The van der Waals surface area contributed by atoms with Crippen molar-refractivity contribution in [1.82, 2.24) is 24.1 Å². The number of nitrogens with one attached hydrogen (secondary N) is 1. The van der Waals surface area contributed by atoms with Gasteiger partial charge in [0.2, 0.25) is 5.78 Å². The Bertz CT molecular complexity index is 1720. The van der Waals surface area contributed by atoms with Crippen LogP contribution in [0.2, 0.25) is 0 Å². The third-order valence-corrected chi connectivity index (χ3v) is 7.45. The van der Waals surface area contributed by atoms with Gasteiger partial charge in [-0.05, 0) is 42.8 Å². The topological polar surface area (TPSA) is 77.1 Å². The van der Waals surface area contributed by atoms with Gasteiger partial charge in [0.1, 0.15) is 0 Å². The molecule has 0 aliphatic rings. The summed E-state index contributed by atoms with van der Waals surface area (Å²) in [5, 5.41) is 16.5. The van der Waals surface area contributed by atoms with Crippen molar-refractivity contribution in [2.45, 2.75) is 17.8 Å². The summed E-state index contributed by atoms with van der Waals surface area (Å²) in [4.78, 5) is 18.2. The van der Waals surface area contributed by atoms with Crippen molar-refractivity contribution in [3.63, 3.8) is 0 Å². The van der Waals surface area contributed by atoms with Crippen LogP contribution in [0, 0.1) is 6.92 Å². The van der Waals surface area contributed by atoms with E-state index in [9.17, 15) is 4.79 Å². The first-order chi connectivity index (χ1) is 17.2. The third kappa shape index (κ3) is 3.98. The number of hydrogen-bond donors (Lipinski definition) is 1. The van der Waals surface area contributed by atoms with Gasteiger partial charge in [-0.2, -0.15) is 0 Å². The lowest BCUT2D eigenvalue weighted by molar-refractivity contribution is 0.927. The number of fused-ring (bicyclic) bond motifs is 3. The minimum atomic E-state index is -0.109. The van der Waals surface area contributed by atoms with E-state index in [1.807, 2.05) is 95.6 Å². The van der Waals surface area contributed by atoms with E-state index in [0.29, 0.717) is 22.1 Å². The predicted octanol–water partition coefficient (Wildman–Crippen LogP) is 5.83. The van der Waals surface area contributed by atoms with Crippen LogP contribution in [0.25, 0.3) is 22.4 Å². The van der Waals surface area contributed by atoms with Gasteiger partial charge in [-0.1, -0.05) is 60.3 Å². The molecule has 0 unspecified atom stereocenters. The van der Waals surface area contributed by atoms with Gasteiger partial charge in [-0.25, -0.2) is 9.55 Å². The lowest BCUT2D eigenvalue weighted by atomic mass is 10.2. The largest absolute Gasteiger partial charge is 0.332 e. The fraction of sp³-hybridized carbons (Fsp3) is 0.0769. The first kappa shape index (κ1) is 21.6. The zero-order chi connectivity index (χ0) is 23.8. The Morgan fingerprint density at radius 3 is 2.57 bits per heavy atom. The van der Waals surface area contributed by atoms with Gasteiger partial charge in [0.15, 0.2) is 10.3 Å². The van der Waals surface area contributed by atoms with Gasteiger partial charge in [-0.15, -0.1) is 21.5 Å². The van der Waals surface area contributed by atoms with Crippen molar-refractivity contribution in [2.24, 2.45) is 0 Å². The molecule has 6 rings (SSSR count). The Morgan fingerprint density at radius 1 is 0.943 bits per heavy atom. The van der Waals surface area contributed by atoms with Gasteiger partial charge in [0.05, 0.1) is 22.3 Å². The molecule has 7 nitrogen and oxygen atoms in total. The molecule has 172 valence electrons. The highest BCUT2D eigenvalue weighted by molar-refractivity contribution is 7.98. The van der Waals surface area contributed by atoms with Crippen molar-refractivity contribution < 1.29 is 0 Å². The zero-order valence-corrected chi connectivity index (χ0v) is 20.4. The Morgan fingerprint density at radius 2 is 1.71 bits per heavy atom. The number of thiazole rings is 1. The average Bonchev–Trinajstić information content (AvgIpc) is 3.51. The van der Waals surface area contributed by atoms with Crippen LogP contribution >= 0.6 is 23.1 Å². The standard InChI is InChI=1S/C26H20N6OS2/c1-17-9-5-7-13-21(17)31-23(33)20-12-6-8-14-22(20)32-25(31)29-30-26(32)35-16-19-15-34-24(28-19)27-18-10-3-2-4-11-18/h2-15H,16H2,1H3,(H,27,28). The summed E-state index contributed by atoms with van der Waals surface area (Å²) >= 11 is 3.12. The molecule has 0 fully saturated rings. The van der Waals surface area contributed by atoms with E-state index in [1.54, 1.807) is 27.7 Å². The van der Waals surface area contributed by atoms with Crippen molar-refractivity contribution in [1.29, 1.82) is 0 Å². The van der Waals surface area contributed by atoms with Crippen molar-refractivity contribution in [3.8, 4) is 5.69 Å². The number of nitrogens with zero attached hydrogens (tertiary/aromatic N) is 5. The molecule has 3 aromatic carbocycles. The first-order valence-electron chi connectivity index (χ1n) is 11.0. The SMILES string of the molecule is Cc1ccccc1-n1c(=O)c2ccccc2n2c(SCc3csc(Nc4ccccc4)n3)nnc12. The average molecular weight is 497 g/mol. The number of rotatable bonds is 6. The summed E-state index contributed by atoms with van der Waals surface area (Å²) in [7, 11) is 0. The lowest BCUT2D eigenvalue weighted by Crippen LogP contribution is -2.22. The first-order valence-corrected chi connectivity index (χ1v) is 12.9. The van der Waals surface area contributed by atoms with E-state index in [1.165, 1.54) is 0 Å². The molecule has 0 amide bonds. The highest BCUT2D eigenvalue weighted by atomic mass is 32.2. The number of aromatic nitrogens is 5. The molecule has 35 heavy (non-hydrogen) atoms. The third-order valence-electron chi connectivity index (χ3n) is 5.68. The molecule has 0 bridgehead atoms. The summed E-state index contributed by atoms with van der Waals surface area (Å²) < 4.78 is 3.61. The number of para-hydroxylation sites is 3.